The summed E-state index contributed by atoms with van der Waals surface area (Å²) in [6.07, 6.45) is 2.49. The van der Waals surface area contributed by atoms with Crippen LogP contribution in [-0.4, -0.2) is 26.0 Å². The minimum Gasteiger partial charge on any atom is -0.390 e. The third kappa shape index (κ3) is 3.47. The lowest BCUT2D eigenvalue weighted by molar-refractivity contribution is 0.124. The fraction of sp³-hybridized carbons (Fsp3) is 0.167. The number of nitriles is 1. The second kappa shape index (κ2) is 7.02. The van der Waals surface area contributed by atoms with Gasteiger partial charge in [0.1, 0.15) is 24.5 Å². The summed E-state index contributed by atoms with van der Waals surface area (Å²) in [4.78, 5) is 3.94. The Morgan fingerprint density at radius 3 is 2.42 bits per heavy atom. The molecule has 120 valence electrons. The first-order valence-corrected chi connectivity index (χ1v) is 7.44. The Balaban J connectivity index is 1.89. The van der Waals surface area contributed by atoms with Crippen LogP contribution in [0.15, 0.2) is 61.2 Å². The lowest BCUT2D eigenvalue weighted by Gasteiger charge is -2.23. The molecule has 1 N–H and O–H groups in total. The van der Waals surface area contributed by atoms with Crippen LogP contribution in [0.1, 0.15) is 22.7 Å². The van der Waals surface area contributed by atoms with Crippen LogP contribution in [0.4, 0.5) is 4.39 Å². The van der Waals surface area contributed by atoms with E-state index in [4.69, 9.17) is 5.26 Å². The molecule has 0 aliphatic rings. The van der Waals surface area contributed by atoms with Crippen molar-refractivity contribution in [3.63, 3.8) is 0 Å². The van der Waals surface area contributed by atoms with Crippen molar-refractivity contribution in [2.24, 2.45) is 0 Å². The molecule has 2 atom stereocenters. The SMILES string of the molecule is N#Cc1ccc(C(C(O)Cc2ccc(F)cc2)n2cncn2)cc1. The minimum atomic E-state index is -0.787. The van der Waals surface area contributed by atoms with Gasteiger partial charge in [0, 0.05) is 6.42 Å². The lowest BCUT2D eigenvalue weighted by Crippen LogP contribution is -2.27. The van der Waals surface area contributed by atoms with Crippen LogP contribution in [0.3, 0.4) is 0 Å². The zero-order valence-electron chi connectivity index (χ0n) is 12.7. The fourth-order valence-corrected chi connectivity index (χ4v) is 2.64. The van der Waals surface area contributed by atoms with E-state index in [1.165, 1.54) is 24.8 Å². The maximum atomic E-state index is 13.0. The van der Waals surface area contributed by atoms with Crippen molar-refractivity contribution in [2.45, 2.75) is 18.6 Å². The summed E-state index contributed by atoms with van der Waals surface area (Å²) in [5.41, 5.74) is 2.18. The molecule has 1 aromatic heterocycles. The molecule has 2 unspecified atom stereocenters. The van der Waals surface area contributed by atoms with Gasteiger partial charge in [-0.15, -0.1) is 0 Å². The molecule has 0 radical (unpaired) electrons. The van der Waals surface area contributed by atoms with Gasteiger partial charge >= 0.3 is 0 Å². The van der Waals surface area contributed by atoms with Crippen molar-refractivity contribution < 1.29 is 9.50 Å². The summed E-state index contributed by atoms with van der Waals surface area (Å²) in [5, 5.41) is 23.8. The maximum absolute atomic E-state index is 13.0. The third-order valence-electron chi connectivity index (χ3n) is 3.83. The summed E-state index contributed by atoms with van der Waals surface area (Å²) in [5.74, 6) is -0.312. The number of nitrogens with zero attached hydrogens (tertiary/aromatic N) is 4. The van der Waals surface area contributed by atoms with Gasteiger partial charge < -0.3 is 5.11 Å². The van der Waals surface area contributed by atoms with E-state index in [0.29, 0.717) is 12.0 Å². The van der Waals surface area contributed by atoms with Gasteiger partial charge in [-0.2, -0.15) is 10.4 Å². The smallest absolute Gasteiger partial charge is 0.137 e. The summed E-state index contributed by atoms with van der Waals surface area (Å²) in [6, 6.07) is 14.6. The number of aliphatic hydroxyl groups is 1. The number of aliphatic hydroxyl groups excluding tert-OH is 1. The normalized spacial score (nSPS) is 13.2. The van der Waals surface area contributed by atoms with Crippen molar-refractivity contribution in [1.29, 1.82) is 5.26 Å². The number of aromatic nitrogens is 3. The monoisotopic (exact) mass is 322 g/mol. The first-order valence-electron chi connectivity index (χ1n) is 7.44. The third-order valence-corrected chi connectivity index (χ3v) is 3.83. The van der Waals surface area contributed by atoms with E-state index in [0.717, 1.165) is 11.1 Å². The highest BCUT2D eigenvalue weighted by atomic mass is 19.1. The number of benzene rings is 2. The Bertz CT molecular complexity index is 823. The largest absolute Gasteiger partial charge is 0.390 e. The average molecular weight is 322 g/mol. The van der Waals surface area contributed by atoms with Crippen LogP contribution in [0, 0.1) is 17.1 Å². The molecular formula is C18H15FN4O. The van der Waals surface area contributed by atoms with Gasteiger partial charge in [0.2, 0.25) is 0 Å². The molecule has 1 heterocycles. The molecule has 0 saturated carbocycles. The maximum Gasteiger partial charge on any atom is 0.137 e. The van der Waals surface area contributed by atoms with Crippen LogP contribution < -0.4 is 0 Å². The molecule has 5 nitrogen and oxygen atoms in total. The van der Waals surface area contributed by atoms with Gasteiger partial charge in [0.15, 0.2) is 0 Å². The zero-order valence-corrected chi connectivity index (χ0v) is 12.7. The first kappa shape index (κ1) is 15.8. The number of rotatable bonds is 5. The van der Waals surface area contributed by atoms with Crippen molar-refractivity contribution in [2.75, 3.05) is 0 Å². The zero-order chi connectivity index (χ0) is 16.9. The Labute approximate surface area is 138 Å². The predicted octanol–water partition coefficient (Wildman–Crippen LogP) is 2.48. The average Bonchev–Trinajstić information content (AvgIpc) is 3.12. The summed E-state index contributed by atoms with van der Waals surface area (Å²) in [6.45, 7) is 0. The molecule has 2 aromatic carbocycles. The molecule has 0 saturated heterocycles. The highest BCUT2D eigenvalue weighted by molar-refractivity contribution is 5.33. The second-order valence-corrected chi connectivity index (χ2v) is 5.45. The number of hydrogen-bond donors (Lipinski definition) is 1. The van der Waals surface area contributed by atoms with Crippen LogP contribution in [0.5, 0.6) is 0 Å². The van der Waals surface area contributed by atoms with E-state index in [1.807, 2.05) is 0 Å². The fourth-order valence-electron chi connectivity index (χ4n) is 2.64. The Morgan fingerprint density at radius 2 is 1.83 bits per heavy atom. The molecule has 0 bridgehead atoms. The topological polar surface area (TPSA) is 74.7 Å². The highest BCUT2D eigenvalue weighted by Gasteiger charge is 2.24. The first-order chi connectivity index (χ1) is 11.7. The standard InChI is InChI=1S/C18H15FN4O/c19-16-7-3-13(4-8-16)9-17(24)18(23-12-21-11-22-23)15-5-1-14(10-20)2-6-15/h1-8,11-12,17-18,24H,9H2. The second-order valence-electron chi connectivity index (χ2n) is 5.45. The molecule has 6 heteroatoms. The summed E-state index contributed by atoms with van der Waals surface area (Å²) < 4.78 is 14.6. The lowest BCUT2D eigenvalue weighted by atomic mass is 9.95. The summed E-state index contributed by atoms with van der Waals surface area (Å²) in [7, 11) is 0. The van der Waals surface area contributed by atoms with Crippen molar-refractivity contribution in [3.8, 4) is 6.07 Å². The number of halogens is 1. The van der Waals surface area contributed by atoms with Crippen molar-refractivity contribution in [1.82, 2.24) is 14.8 Å². The molecule has 3 aromatic rings. The van der Waals surface area contributed by atoms with Gasteiger partial charge in [-0.3, -0.25) is 0 Å². The Hall–Kier alpha value is -3.04. The van der Waals surface area contributed by atoms with E-state index < -0.39 is 12.1 Å². The van der Waals surface area contributed by atoms with Crippen molar-refractivity contribution >= 4 is 0 Å². The number of hydrogen-bond acceptors (Lipinski definition) is 4. The molecule has 0 amide bonds. The Kier molecular flexibility index (Phi) is 4.64. The highest BCUT2D eigenvalue weighted by Crippen LogP contribution is 2.24. The van der Waals surface area contributed by atoms with E-state index in [1.54, 1.807) is 41.1 Å². The molecular weight excluding hydrogens is 307 g/mol. The molecule has 0 aliphatic carbocycles. The predicted molar refractivity (Wildman–Crippen MR) is 85.4 cm³/mol. The molecule has 0 spiro atoms. The van der Waals surface area contributed by atoms with Crippen molar-refractivity contribution in [3.05, 3.63) is 83.7 Å². The van der Waals surface area contributed by atoms with Crippen LogP contribution in [0.25, 0.3) is 0 Å². The molecule has 3 rings (SSSR count). The molecule has 24 heavy (non-hydrogen) atoms. The van der Waals surface area contributed by atoms with Gasteiger partial charge in [-0.25, -0.2) is 14.1 Å². The van der Waals surface area contributed by atoms with Crippen LogP contribution in [-0.2, 0) is 6.42 Å². The van der Waals surface area contributed by atoms with Crippen LogP contribution >= 0.6 is 0 Å². The van der Waals surface area contributed by atoms with E-state index in [2.05, 4.69) is 16.2 Å². The minimum absolute atomic E-state index is 0.312. The van der Waals surface area contributed by atoms with E-state index in [9.17, 15) is 9.50 Å². The summed E-state index contributed by atoms with van der Waals surface area (Å²) >= 11 is 0. The van der Waals surface area contributed by atoms with Gasteiger partial charge in [0.25, 0.3) is 0 Å². The molecule has 0 aliphatic heterocycles. The van der Waals surface area contributed by atoms with E-state index >= 15 is 0 Å². The van der Waals surface area contributed by atoms with E-state index in [-0.39, 0.29) is 5.82 Å². The molecule has 0 fully saturated rings. The van der Waals surface area contributed by atoms with Gasteiger partial charge in [0.05, 0.1) is 17.7 Å². The Morgan fingerprint density at radius 1 is 1.12 bits per heavy atom. The van der Waals surface area contributed by atoms with Crippen LogP contribution in [0.2, 0.25) is 0 Å². The van der Waals surface area contributed by atoms with Gasteiger partial charge in [-0.05, 0) is 35.4 Å². The quantitative estimate of drug-likeness (QED) is 0.783. The van der Waals surface area contributed by atoms with Gasteiger partial charge in [-0.1, -0.05) is 24.3 Å².